The molecule has 0 saturated carbocycles. The molecular formula is C26H26FN3O5S. The monoisotopic (exact) mass is 511 g/mol. The van der Waals surface area contributed by atoms with Crippen molar-refractivity contribution in [1.29, 1.82) is 0 Å². The molecule has 2 aromatic carbocycles. The van der Waals surface area contributed by atoms with Crippen molar-refractivity contribution < 1.29 is 28.2 Å². The fourth-order valence-corrected chi connectivity index (χ4v) is 4.16. The minimum atomic E-state index is -0.897. The SMILES string of the molecule is CCOC(=O)c1c(NC(=O)c2ccc(OC(C)C(=O)NN=Cc3ccccc3F)cc2)sc(C)c1C. The van der Waals surface area contributed by atoms with Gasteiger partial charge in [-0.15, -0.1) is 11.3 Å². The number of rotatable bonds is 9. The van der Waals surface area contributed by atoms with E-state index < -0.39 is 29.7 Å². The molecule has 3 rings (SSSR count). The molecule has 0 aliphatic carbocycles. The van der Waals surface area contributed by atoms with Gasteiger partial charge >= 0.3 is 5.97 Å². The number of nitrogens with zero attached hydrogens (tertiary/aromatic N) is 1. The third-order valence-corrected chi connectivity index (χ3v) is 6.30. The molecule has 0 aliphatic rings. The number of nitrogens with one attached hydrogen (secondary N) is 2. The lowest BCUT2D eigenvalue weighted by Crippen LogP contribution is -2.33. The van der Waals surface area contributed by atoms with Gasteiger partial charge in [0.05, 0.1) is 18.4 Å². The number of carbonyl (C=O) groups is 3. The number of hydrazone groups is 1. The van der Waals surface area contributed by atoms with E-state index >= 15 is 0 Å². The molecule has 188 valence electrons. The van der Waals surface area contributed by atoms with E-state index in [1.54, 1.807) is 43.3 Å². The zero-order chi connectivity index (χ0) is 26.2. The average molecular weight is 512 g/mol. The second-order valence-electron chi connectivity index (χ2n) is 7.70. The van der Waals surface area contributed by atoms with Gasteiger partial charge in [0.25, 0.3) is 11.8 Å². The number of esters is 1. The molecule has 1 aromatic heterocycles. The summed E-state index contributed by atoms with van der Waals surface area (Å²) in [5.74, 6) is -1.50. The second-order valence-corrected chi connectivity index (χ2v) is 8.93. The summed E-state index contributed by atoms with van der Waals surface area (Å²) in [7, 11) is 0. The van der Waals surface area contributed by atoms with Crippen LogP contribution in [0.3, 0.4) is 0 Å². The molecular weight excluding hydrogens is 485 g/mol. The number of thiophene rings is 1. The first-order chi connectivity index (χ1) is 17.2. The third-order valence-electron chi connectivity index (χ3n) is 5.17. The normalized spacial score (nSPS) is 11.7. The summed E-state index contributed by atoms with van der Waals surface area (Å²) in [6.45, 7) is 7.16. The highest BCUT2D eigenvalue weighted by Crippen LogP contribution is 2.33. The number of ether oxygens (including phenoxy) is 2. The minimum absolute atomic E-state index is 0.233. The van der Waals surface area contributed by atoms with Crippen LogP contribution in [0.2, 0.25) is 0 Å². The van der Waals surface area contributed by atoms with E-state index in [4.69, 9.17) is 9.47 Å². The van der Waals surface area contributed by atoms with Crippen LogP contribution in [0.5, 0.6) is 5.75 Å². The number of hydrogen-bond donors (Lipinski definition) is 2. The van der Waals surface area contributed by atoms with Gasteiger partial charge in [-0.2, -0.15) is 5.10 Å². The number of benzene rings is 2. The Morgan fingerprint density at radius 2 is 1.81 bits per heavy atom. The molecule has 0 spiro atoms. The molecule has 2 N–H and O–H groups in total. The van der Waals surface area contributed by atoms with Crippen molar-refractivity contribution in [2.45, 2.75) is 33.8 Å². The third kappa shape index (κ3) is 6.54. The second kappa shape index (κ2) is 12.1. The Morgan fingerprint density at radius 3 is 2.47 bits per heavy atom. The molecule has 1 atom stereocenters. The lowest BCUT2D eigenvalue weighted by molar-refractivity contribution is -0.127. The summed E-state index contributed by atoms with van der Waals surface area (Å²) >= 11 is 1.30. The van der Waals surface area contributed by atoms with Gasteiger partial charge in [0.2, 0.25) is 0 Å². The standard InChI is InChI=1S/C26H26FN3O5S/c1-5-34-26(33)22-15(2)17(4)36-25(22)29-24(32)18-10-12-20(13-11-18)35-16(3)23(31)30-28-14-19-8-6-7-9-21(19)27/h6-14,16H,5H2,1-4H3,(H,29,32)(H,30,31). The Bertz CT molecular complexity index is 1290. The number of amides is 2. The van der Waals surface area contributed by atoms with E-state index in [1.165, 1.54) is 36.6 Å². The molecule has 3 aromatic rings. The summed E-state index contributed by atoms with van der Waals surface area (Å²) in [5.41, 5.74) is 4.00. The summed E-state index contributed by atoms with van der Waals surface area (Å²) in [6, 6.07) is 12.2. The summed E-state index contributed by atoms with van der Waals surface area (Å²) < 4.78 is 24.3. The van der Waals surface area contributed by atoms with Gasteiger partial charge in [-0.25, -0.2) is 14.6 Å². The van der Waals surface area contributed by atoms with Gasteiger partial charge in [-0.1, -0.05) is 18.2 Å². The van der Waals surface area contributed by atoms with Crippen molar-refractivity contribution in [3.63, 3.8) is 0 Å². The Hall–Kier alpha value is -4.05. The van der Waals surface area contributed by atoms with Crippen LogP contribution in [0.25, 0.3) is 0 Å². The highest BCUT2D eigenvalue weighted by molar-refractivity contribution is 7.16. The molecule has 0 aliphatic heterocycles. The van der Waals surface area contributed by atoms with Crippen molar-refractivity contribution in [2.24, 2.45) is 5.10 Å². The van der Waals surface area contributed by atoms with E-state index in [2.05, 4.69) is 15.8 Å². The van der Waals surface area contributed by atoms with Crippen molar-refractivity contribution in [3.05, 3.63) is 81.5 Å². The van der Waals surface area contributed by atoms with Crippen LogP contribution in [0.1, 0.15) is 50.6 Å². The predicted molar refractivity (Wildman–Crippen MR) is 136 cm³/mol. The first-order valence-electron chi connectivity index (χ1n) is 11.1. The Balaban J connectivity index is 1.59. The Labute approximate surface area is 212 Å². The van der Waals surface area contributed by atoms with Gasteiger partial charge in [0, 0.05) is 16.0 Å². The highest BCUT2D eigenvalue weighted by atomic mass is 32.1. The van der Waals surface area contributed by atoms with Crippen LogP contribution in [0.15, 0.2) is 53.6 Å². The first-order valence-corrected chi connectivity index (χ1v) is 12.0. The van der Waals surface area contributed by atoms with Gasteiger partial charge in [0.1, 0.15) is 16.6 Å². The van der Waals surface area contributed by atoms with Crippen molar-refractivity contribution in [3.8, 4) is 5.75 Å². The Morgan fingerprint density at radius 1 is 1.11 bits per heavy atom. The molecule has 1 heterocycles. The average Bonchev–Trinajstić information content (AvgIpc) is 3.13. The van der Waals surface area contributed by atoms with Crippen molar-refractivity contribution in [1.82, 2.24) is 5.43 Å². The van der Waals surface area contributed by atoms with Crippen LogP contribution in [0, 0.1) is 19.7 Å². The number of halogens is 1. The molecule has 0 radical (unpaired) electrons. The van der Waals surface area contributed by atoms with E-state index in [1.807, 2.05) is 13.8 Å². The van der Waals surface area contributed by atoms with Crippen LogP contribution in [0.4, 0.5) is 9.39 Å². The van der Waals surface area contributed by atoms with E-state index in [0.29, 0.717) is 21.9 Å². The van der Waals surface area contributed by atoms with Crippen LogP contribution in [-0.4, -0.2) is 36.7 Å². The van der Waals surface area contributed by atoms with Crippen LogP contribution in [-0.2, 0) is 9.53 Å². The molecule has 0 saturated heterocycles. The first kappa shape index (κ1) is 26.6. The van der Waals surface area contributed by atoms with E-state index in [0.717, 1.165) is 10.4 Å². The summed E-state index contributed by atoms with van der Waals surface area (Å²) in [4.78, 5) is 38.2. The number of carbonyl (C=O) groups excluding carboxylic acids is 3. The largest absolute Gasteiger partial charge is 0.481 e. The summed E-state index contributed by atoms with van der Waals surface area (Å²) in [5, 5.41) is 6.96. The smallest absolute Gasteiger partial charge is 0.341 e. The van der Waals surface area contributed by atoms with Gasteiger partial charge in [0.15, 0.2) is 6.10 Å². The predicted octanol–water partition coefficient (Wildman–Crippen LogP) is 4.85. The summed E-state index contributed by atoms with van der Waals surface area (Å²) in [6.07, 6.45) is 0.309. The lowest BCUT2D eigenvalue weighted by Gasteiger charge is -2.13. The maximum atomic E-state index is 13.6. The van der Waals surface area contributed by atoms with Gasteiger partial charge in [-0.05, 0) is 63.6 Å². The van der Waals surface area contributed by atoms with Crippen LogP contribution >= 0.6 is 11.3 Å². The number of aryl methyl sites for hydroxylation is 1. The molecule has 0 fully saturated rings. The van der Waals surface area contributed by atoms with Crippen molar-refractivity contribution in [2.75, 3.05) is 11.9 Å². The molecule has 0 bridgehead atoms. The quantitative estimate of drug-likeness (QED) is 0.243. The maximum absolute atomic E-state index is 13.6. The lowest BCUT2D eigenvalue weighted by atomic mass is 10.1. The zero-order valence-electron chi connectivity index (χ0n) is 20.3. The molecule has 2 amide bonds. The molecule has 1 unspecified atom stereocenters. The van der Waals surface area contributed by atoms with Gasteiger partial charge < -0.3 is 14.8 Å². The van der Waals surface area contributed by atoms with Crippen LogP contribution < -0.4 is 15.5 Å². The molecule has 10 heteroatoms. The minimum Gasteiger partial charge on any atom is -0.481 e. The molecule has 36 heavy (non-hydrogen) atoms. The fourth-order valence-electron chi connectivity index (χ4n) is 3.12. The highest BCUT2D eigenvalue weighted by Gasteiger charge is 2.22. The zero-order valence-corrected chi connectivity index (χ0v) is 21.1. The van der Waals surface area contributed by atoms with Gasteiger partial charge in [-0.3, -0.25) is 9.59 Å². The number of hydrogen-bond acceptors (Lipinski definition) is 7. The van der Waals surface area contributed by atoms with Crippen molar-refractivity contribution >= 4 is 40.3 Å². The van der Waals surface area contributed by atoms with E-state index in [-0.39, 0.29) is 12.2 Å². The molecule has 8 nitrogen and oxygen atoms in total. The van der Waals surface area contributed by atoms with E-state index in [9.17, 15) is 18.8 Å². The fraction of sp³-hybridized carbons (Fsp3) is 0.231. The Kier molecular flexibility index (Phi) is 8.91. The maximum Gasteiger partial charge on any atom is 0.341 e. The number of anilines is 1. The topological polar surface area (TPSA) is 106 Å².